The Morgan fingerprint density at radius 3 is 2.38 bits per heavy atom. The maximum Gasteiger partial charge on any atom is -0.0146 e. The van der Waals surface area contributed by atoms with Gasteiger partial charge in [0.1, 0.15) is 0 Å². The van der Waals surface area contributed by atoms with Crippen molar-refractivity contribution in [2.75, 3.05) is 0 Å². The van der Waals surface area contributed by atoms with Crippen LogP contribution < -0.4 is 0 Å². The molecule has 1 radical (unpaired) electrons. The largest absolute Gasteiger partial charge is 0.0760 e. The summed E-state index contributed by atoms with van der Waals surface area (Å²) in [6, 6.07) is 2.25. The van der Waals surface area contributed by atoms with Crippen molar-refractivity contribution in [2.45, 2.75) is 53.9 Å². The highest BCUT2D eigenvalue weighted by Gasteiger charge is 2.04. The predicted octanol–water partition coefficient (Wildman–Crippen LogP) is 4.82. The number of unbranched alkanes of at least 4 members (excludes halogenated alkanes) is 2. The van der Waals surface area contributed by atoms with Gasteiger partial charge in [0.25, 0.3) is 0 Å². The highest BCUT2D eigenvalue weighted by Crippen LogP contribution is 2.21. The molecule has 0 saturated heterocycles. The first kappa shape index (κ1) is 13.0. The molecule has 0 aliphatic rings. The summed E-state index contributed by atoms with van der Waals surface area (Å²) < 4.78 is 0. The summed E-state index contributed by atoms with van der Waals surface area (Å²) in [6.45, 7) is 11.0. The summed E-state index contributed by atoms with van der Waals surface area (Å²) in [6.07, 6.45) is 9.27. The molecule has 0 aliphatic carbocycles. The van der Waals surface area contributed by atoms with Crippen LogP contribution in [0.2, 0.25) is 0 Å². The Balaban J connectivity index is 2.93. The van der Waals surface area contributed by atoms with Crippen LogP contribution in [0.15, 0.2) is 12.1 Å². The second-order valence-corrected chi connectivity index (χ2v) is 4.61. The van der Waals surface area contributed by atoms with Crippen LogP contribution in [0.4, 0.5) is 0 Å². The molecule has 1 rings (SSSR count). The SMILES string of the molecule is CCCC/C=[C]\c1cc(C)c(C)c(C)c1C. The van der Waals surface area contributed by atoms with E-state index in [1.165, 1.54) is 40.7 Å². The van der Waals surface area contributed by atoms with Crippen molar-refractivity contribution in [3.63, 3.8) is 0 Å². The topological polar surface area (TPSA) is 0 Å². The van der Waals surface area contributed by atoms with E-state index in [9.17, 15) is 0 Å². The van der Waals surface area contributed by atoms with E-state index in [0.717, 1.165) is 6.42 Å². The summed E-state index contributed by atoms with van der Waals surface area (Å²) >= 11 is 0. The van der Waals surface area contributed by atoms with Gasteiger partial charge in [-0.25, -0.2) is 0 Å². The first-order chi connectivity index (χ1) is 7.57. The normalized spacial score (nSPS) is 11.3. The van der Waals surface area contributed by atoms with Crippen LogP contribution in [0.3, 0.4) is 0 Å². The second kappa shape index (κ2) is 5.89. The van der Waals surface area contributed by atoms with Gasteiger partial charge < -0.3 is 0 Å². The fraction of sp³-hybridized carbons (Fsp3) is 0.500. The lowest BCUT2D eigenvalue weighted by Gasteiger charge is -2.11. The molecular formula is C16H23. The van der Waals surface area contributed by atoms with Gasteiger partial charge in [-0.05, 0) is 68.0 Å². The molecule has 0 atom stereocenters. The number of allylic oxidation sites excluding steroid dienone is 1. The molecule has 16 heavy (non-hydrogen) atoms. The number of hydrogen-bond acceptors (Lipinski definition) is 0. The van der Waals surface area contributed by atoms with E-state index >= 15 is 0 Å². The molecular weight excluding hydrogens is 192 g/mol. The van der Waals surface area contributed by atoms with Crippen LogP contribution in [0.5, 0.6) is 0 Å². The molecule has 0 bridgehead atoms. The Bertz CT molecular complexity index is 384. The fourth-order valence-corrected chi connectivity index (χ4v) is 1.85. The lowest BCUT2D eigenvalue weighted by molar-refractivity contribution is 0.813. The van der Waals surface area contributed by atoms with Crippen molar-refractivity contribution in [2.24, 2.45) is 0 Å². The number of hydrogen-bond donors (Lipinski definition) is 0. The molecule has 0 N–H and O–H groups in total. The van der Waals surface area contributed by atoms with Crippen molar-refractivity contribution in [3.8, 4) is 0 Å². The third-order valence-corrected chi connectivity index (χ3v) is 3.44. The van der Waals surface area contributed by atoms with Crippen LogP contribution in [0.1, 0.15) is 54.0 Å². The van der Waals surface area contributed by atoms with Gasteiger partial charge in [0, 0.05) is 0 Å². The van der Waals surface area contributed by atoms with Crippen LogP contribution in [0, 0.1) is 33.8 Å². The van der Waals surface area contributed by atoms with Crippen LogP contribution in [-0.2, 0) is 0 Å². The smallest absolute Gasteiger partial charge is 0.0146 e. The Labute approximate surface area is 100 Å². The number of benzene rings is 1. The molecule has 0 unspecified atom stereocenters. The maximum absolute atomic E-state index is 3.43. The standard InChI is InChI=1S/C16H23/c1-6-7-8-9-10-16-11-12(2)13(3)14(4)15(16)5/h9,11H,6-8H2,1-5H3. The van der Waals surface area contributed by atoms with Crippen molar-refractivity contribution in [1.29, 1.82) is 0 Å². The van der Waals surface area contributed by atoms with Crippen molar-refractivity contribution >= 4 is 0 Å². The zero-order valence-corrected chi connectivity index (χ0v) is 11.3. The van der Waals surface area contributed by atoms with Crippen LogP contribution >= 0.6 is 0 Å². The van der Waals surface area contributed by atoms with E-state index in [4.69, 9.17) is 0 Å². The molecule has 0 aliphatic heterocycles. The molecule has 87 valence electrons. The summed E-state index contributed by atoms with van der Waals surface area (Å²) in [4.78, 5) is 0. The minimum absolute atomic E-state index is 1.14. The molecule has 0 spiro atoms. The van der Waals surface area contributed by atoms with Crippen molar-refractivity contribution in [3.05, 3.63) is 46.0 Å². The zero-order valence-electron chi connectivity index (χ0n) is 11.3. The van der Waals surface area contributed by atoms with Crippen LogP contribution in [-0.4, -0.2) is 0 Å². The number of aryl methyl sites for hydroxylation is 1. The van der Waals surface area contributed by atoms with Gasteiger partial charge in [0.05, 0.1) is 0 Å². The Hall–Kier alpha value is -1.04. The van der Waals surface area contributed by atoms with E-state index < -0.39 is 0 Å². The lowest BCUT2D eigenvalue weighted by Crippen LogP contribution is -1.94. The molecule has 0 amide bonds. The molecule has 0 aromatic heterocycles. The zero-order chi connectivity index (χ0) is 12.1. The average molecular weight is 215 g/mol. The minimum Gasteiger partial charge on any atom is -0.0760 e. The molecule has 0 saturated carbocycles. The monoisotopic (exact) mass is 215 g/mol. The first-order valence-corrected chi connectivity index (χ1v) is 6.23. The van der Waals surface area contributed by atoms with E-state index in [2.05, 4.69) is 52.8 Å². The molecule has 0 heteroatoms. The van der Waals surface area contributed by atoms with Gasteiger partial charge in [-0.2, -0.15) is 0 Å². The molecule has 0 heterocycles. The Morgan fingerprint density at radius 2 is 1.75 bits per heavy atom. The maximum atomic E-state index is 3.43. The average Bonchev–Trinajstić information content (AvgIpc) is 2.28. The summed E-state index contributed by atoms with van der Waals surface area (Å²) in [5.74, 6) is 0. The first-order valence-electron chi connectivity index (χ1n) is 6.23. The summed E-state index contributed by atoms with van der Waals surface area (Å²) in [5.41, 5.74) is 6.82. The minimum atomic E-state index is 1.14. The van der Waals surface area contributed by atoms with Gasteiger partial charge >= 0.3 is 0 Å². The Kier molecular flexibility index (Phi) is 4.79. The van der Waals surface area contributed by atoms with Crippen LogP contribution in [0.25, 0.3) is 0 Å². The quantitative estimate of drug-likeness (QED) is 0.632. The summed E-state index contributed by atoms with van der Waals surface area (Å²) in [5, 5.41) is 0. The number of rotatable bonds is 4. The third-order valence-electron chi connectivity index (χ3n) is 3.44. The molecule has 0 fully saturated rings. The molecule has 1 aromatic carbocycles. The highest BCUT2D eigenvalue weighted by molar-refractivity contribution is 5.46. The predicted molar refractivity (Wildman–Crippen MR) is 71.8 cm³/mol. The molecule has 1 aromatic rings. The van der Waals surface area contributed by atoms with Gasteiger partial charge in [0.15, 0.2) is 0 Å². The van der Waals surface area contributed by atoms with E-state index in [1.807, 2.05) is 0 Å². The van der Waals surface area contributed by atoms with E-state index in [1.54, 1.807) is 0 Å². The van der Waals surface area contributed by atoms with E-state index in [-0.39, 0.29) is 0 Å². The summed E-state index contributed by atoms with van der Waals surface area (Å²) in [7, 11) is 0. The van der Waals surface area contributed by atoms with E-state index in [0.29, 0.717) is 0 Å². The Morgan fingerprint density at radius 1 is 1.06 bits per heavy atom. The highest BCUT2D eigenvalue weighted by atomic mass is 14.1. The van der Waals surface area contributed by atoms with Gasteiger partial charge in [-0.3, -0.25) is 0 Å². The van der Waals surface area contributed by atoms with Gasteiger partial charge in [-0.15, -0.1) is 0 Å². The third kappa shape index (κ3) is 2.98. The van der Waals surface area contributed by atoms with Crippen molar-refractivity contribution < 1.29 is 0 Å². The second-order valence-electron chi connectivity index (χ2n) is 4.61. The van der Waals surface area contributed by atoms with Gasteiger partial charge in [-0.1, -0.05) is 31.9 Å². The lowest BCUT2D eigenvalue weighted by atomic mass is 9.94. The fourth-order valence-electron chi connectivity index (χ4n) is 1.85. The molecule has 0 nitrogen and oxygen atoms in total. The van der Waals surface area contributed by atoms with Gasteiger partial charge in [0.2, 0.25) is 0 Å². The van der Waals surface area contributed by atoms with Crippen molar-refractivity contribution in [1.82, 2.24) is 0 Å².